The summed E-state index contributed by atoms with van der Waals surface area (Å²) in [4.78, 5) is 0. The molecule has 1 heteroatoms. The Bertz CT molecular complexity index is 362. The van der Waals surface area contributed by atoms with Gasteiger partial charge in [0.1, 0.15) is 5.75 Å². The minimum absolute atomic E-state index is 0.930. The maximum atomic E-state index is 5.26. The van der Waals surface area contributed by atoms with Crippen LogP contribution in [0.1, 0.15) is 16.7 Å². The molecule has 14 heavy (non-hydrogen) atoms. The molecule has 0 aliphatic rings. The van der Waals surface area contributed by atoms with E-state index in [1.54, 1.807) is 13.2 Å². The fourth-order valence-corrected chi connectivity index (χ4v) is 1.49. The van der Waals surface area contributed by atoms with Crippen molar-refractivity contribution in [1.29, 1.82) is 0 Å². The van der Waals surface area contributed by atoms with E-state index in [9.17, 15) is 0 Å². The number of aryl methyl sites for hydroxylation is 1. The standard InChI is InChI=1S/C13H16O/c1-5-6-7-12-10(2)8-9-13(14-4)11(12)3/h5-9H,1H2,2-4H3/b7-6-. The highest BCUT2D eigenvalue weighted by molar-refractivity contribution is 5.62. The van der Waals surface area contributed by atoms with Crippen LogP contribution in [0.3, 0.4) is 0 Å². The summed E-state index contributed by atoms with van der Waals surface area (Å²) in [6.07, 6.45) is 5.77. The van der Waals surface area contributed by atoms with Crippen molar-refractivity contribution in [3.63, 3.8) is 0 Å². The Morgan fingerprint density at radius 3 is 2.57 bits per heavy atom. The summed E-state index contributed by atoms with van der Waals surface area (Å²) in [6, 6.07) is 4.06. The predicted octanol–water partition coefficient (Wildman–Crippen LogP) is 3.51. The van der Waals surface area contributed by atoms with Gasteiger partial charge in [-0.3, -0.25) is 0 Å². The van der Waals surface area contributed by atoms with Crippen molar-refractivity contribution < 1.29 is 4.74 Å². The summed E-state index contributed by atoms with van der Waals surface area (Å²) in [6.45, 7) is 7.82. The molecule has 1 aromatic carbocycles. The molecule has 0 N–H and O–H groups in total. The summed E-state index contributed by atoms with van der Waals surface area (Å²) in [7, 11) is 1.69. The van der Waals surface area contributed by atoms with Crippen molar-refractivity contribution in [1.82, 2.24) is 0 Å². The molecule has 1 aromatic rings. The molecule has 0 heterocycles. The average molecular weight is 188 g/mol. The minimum Gasteiger partial charge on any atom is -0.496 e. The summed E-state index contributed by atoms with van der Waals surface area (Å²) < 4.78 is 5.26. The van der Waals surface area contributed by atoms with Crippen molar-refractivity contribution in [3.8, 4) is 5.75 Å². The lowest BCUT2D eigenvalue weighted by Crippen LogP contribution is -1.92. The van der Waals surface area contributed by atoms with Crippen LogP contribution in [-0.4, -0.2) is 7.11 Å². The Kier molecular flexibility index (Phi) is 3.52. The first-order valence-corrected chi connectivity index (χ1v) is 4.64. The molecule has 1 nitrogen and oxygen atoms in total. The zero-order chi connectivity index (χ0) is 10.6. The lowest BCUT2D eigenvalue weighted by molar-refractivity contribution is 0.411. The molecule has 0 spiro atoms. The zero-order valence-electron chi connectivity index (χ0n) is 9.00. The van der Waals surface area contributed by atoms with E-state index in [4.69, 9.17) is 4.74 Å². The monoisotopic (exact) mass is 188 g/mol. The Balaban J connectivity index is 3.24. The summed E-state index contributed by atoms with van der Waals surface area (Å²) >= 11 is 0. The molecule has 0 fully saturated rings. The predicted molar refractivity (Wildman–Crippen MR) is 61.7 cm³/mol. The van der Waals surface area contributed by atoms with Crippen LogP contribution in [0, 0.1) is 13.8 Å². The number of methoxy groups -OCH3 is 1. The van der Waals surface area contributed by atoms with Crippen LogP contribution in [0.25, 0.3) is 6.08 Å². The van der Waals surface area contributed by atoms with Crippen LogP contribution in [-0.2, 0) is 0 Å². The third-order valence-electron chi connectivity index (χ3n) is 2.30. The van der Waals surface area contributed by atoms with Crippen molar-refractivity contribution in [3.05, 3.63) is 47.6 Å². The third-order valence-corrected chi connectivity index (χ3v) is 2.30. The molecule has 0 radical (unpaired) electrons. The Labute approximate surface area is 85.7 Å². The minimum atomic E-state index is 0.930. The highest BCUT2D eigenvalue weighted by Gasteiger charge is 2.04. The van der Waals surface area contributed by atoms with Gasteiger partial charge in [-0.1, -0.05) is 30.9 Å². The van der Waals surface area contributed by atoms with Gasteiger partial charge in [-0.05, 0) is 36.6 Å². The van der Waals surface area contributed by atoms with Gasteiger partial charge in [-0.2, -0.15) is 0 Å². The molecule has 0 aliphatic carbocycles. The van der Waals surface area contributed by atoms with Crippen molar-refractivity contribution in [2.75, 3.05) is 7.11 Å². The molecule has 1 rings (SSSR count). The lowest BCUT2D eigenvalue weighted by atomic mass is 10.0. The molecule has 0 bridgehead atoms. The second kappa shape index (κ2) is 4.66. The summed E-state index contributed by atoms with van der Waals surface area (Å²) in [5.41, 5.74) is 3.64. The summed E-state index contributed by atoms with van der Waals surface area (Å²) in [5, 5.41) is 0. The van der Waals surface area contributed by atoms with Crippen molar-refractivity contribution in [2.45, 2.75) is 13.8 Å². The molecule has 0 amide bonds. The third kappa shape index (κ3) is 2.05. The Hall–Kier alpha value is -1.50. The first kappa shape index (κ1) is 10.6. The second-order valence-electron chi connectivity index (χ2n) is 3.22. The van der Waals surface area contributed by atoms with Crippen LogP contribution in [0.15, 0.2) is 30.9 Å². The van der Waals surface area contributed by atoms with Crippen LogP contribution >= 0.6 is 0 Å². The highest BCUT2D eigenvalue weighted by Crippen LogP contribution is 2.25. The van der Waals surface area contributed by atoms with Crippen LogP contribution in [0.5, 0.6) is 5.75 Å². The first-order valence-electron chi connectivity index (χ1n) is 4.64. The van der Waals surface area contributed by atoms with Gasteiger partial charge in [0, 0.05) is 0 Å². The molecule has 0 saturated heterocycles. The Morgan fingerprint density at radius 2 is 2.00 bits per heavy atom. The van der Waals surface area contributed by atoms with E-state index in [2.05, 4.69) is 32.6 Å². The van der Waals surface area contributed by atoms with Gasteiger partial charge in [0.2, 0.25) is 0 Å². The van der Waals surface area contributed by atoms with Crippen molar-refractivity contribution >= 4 is 6.08 Å². The SMILES string of the molecule is C=C/C=C\c1c(C)ccc(OC)c1C. The smallest absolute Gasteiger partial charge is 0.122 e. The largest absolute Gasteiger partial charge is 0.496 e. The van der Waals surface area contributed by atoms with E-state index < -0.39 is 0 Å². The van der Waals surface area contributed by atoms with E-state index in [0.717, 1.165) is 5.75 Å². The fraction of sp³-hybridized carbons (Fsp3) is 0.231. The number of ether oxygens (including phenoxy) is 1. The molecule has 0 saturated carbocycles. The number of hydrogen-bond donors (Lipinski definition) is 0. The van der Waals surface area contributed by atoms with Gasteiger partial charge in [0.15, 0.2) is 0 Å². The number of rotatable bonds is 3. The van der Waals surface area contributed by atoms with Gasteiger partial charge in [-0.25, -0.2) is 0 Å². The summed E-state index contributed by atoms with van der Waals surface area (Å²) in [5.74, 6) is 0.930. The van der Waals surface area contributed by atoms with Gasteiger partial charge >= 0.3 is 0 Å². The number of benzene rings is 1. The molecule has 0 aromatic heterocycles. The topological polar surface area (TPSA) is 9.23 Å². The Morgan fingerprint density at radius 1 is 1.29 bits per heavy atom. The van der Waals surface area contributed by atoms with Crippen LogP contribution in [0.2, 0.25) is 0 Å². The lowest BCUT2D eigenvalue weighted by Gasteiger charge is -2.10. The van der Waals surface area contributed by atoms with E-state index in [1.807, 2.05) is 12.1 Å². The van der Waals surface area contributed by atoms with Gasteiger partial charge in [-0.15, -0.1) is 0 Å². The maximum Gasteiger partial charge on any atom is 0.122 e. The normalized spacial score (nSPS) is 10.5. The molecule has 0 aliphatic heterocycles. The highest BCUT2D eigenvalue weighted by atomic mass is 16.5. The quantitative estimate of drug-likeness (QED) is 0.659. The number of allylic oxidation sites excluding steroid dienone is 2. The van der Waals surface area contributed by atoms with Crippen LogP contribution in [0.4, 0.5) is 0 Å². The van der Waals surface area contributed by atoms with Crippen molar-refractivity contribution in [2.24, 2.45) is 0 Å². The maximum absolute atomic E-state index is 5.26. The molecular weight excluding hydrogens is 172 g/mol. The van der Waals surface area contributed by atoms with Gasteiger partial charge in [0.05, 0.1) is 7.11 Å². The molecular formula is C13H16O. The van der Waals surface area contributed by atoms with Crippen LogP contribution < -0.4 is 4.74 Å². The van der Waals surface area contributed by atoms with E-state index in [1.165, 1.54) is 16.7 Å². The van der Waals surface area contributed by atoms with E-state index in [-0.39, 0.29) is 0 Å². The zero-order valence-corrected chi connectivity index (χ0v) is 9.00. The van der Waals surface area contributed by atoms with E-state index >= 15 is 0 Å². The number of hydrogen-bond acceptors (Lipinski definition) is 1. The van der Waals surface area contributed by atoms with Gasteiger partial charge < -0.3 is 4.74 Å². The fourth-order valence-electron chi connectivity index (χ4n) is 1.49. The molecule has 74 valence electrons. The molecule has 0 unspecified atom stereocenters. The van der Waals surface area contributed by atoms with E-state index in [0.29, 0.717) is 0 Å². The first-order chi connectivity index (χ1) is 6.70. The average Bonchev–Trinajstić information content (AvgIpc) is 2.18. The van der Waals surface area contributed by atoms with Gasteiger partial charge in [0.25, 0.3) is 0 Å². The molecule has 0 atom stereocenters. The second-order valence-corrected chi connectivity index (χ2v) is 3.22.